The molecule has 4 nitrogen and oxygen atoms in total. The minimum atomic E-state index is -4.75. The zero-order valence-corrected chi connectivity index (χ0v) is 21.8. The van der Waals surface area contributed by atoms with Gasteiger partial charge in [-0.15, -0.1) is 13.2 Å². The zero-order valence-electron chi connectivity index (χ0n) is 20.9. The van der Waals surface area contributed by atoms with E-state index in [0.29, 0.717) is 22.4 Å². The molecular formula is C28H31F3O4S. The van der Waals surface area contributed by atoms with Gasteiger partial charge in [0.05, 0.1) is 0 Å². The topological polar surface area (TPSA) is 66.8 Å². The molecule has 1 unspecified atom stereocenters. The first-order chi connectivity index (χ1) is 17.1. The van der Waals surface area contributed by atoms with Gasteiger partial charge < -0.3 is 14.9 Å². The molecule has 3 aromatic carbocycles. The van der Waals surface area contributed by atoms with Crippen LogP contribution in [0.4, 0.5) is 13.2 Å². The van der Waals surface area contributed by atoms with E-state index in [1.807, 2.05) is 39.0 Å². The third-order valence-corrected chi connectivity index (χ3v) is 6.23. The van der Waals surface area contributed by atoms with Crippen molar-refractivity contribution >= 4 is 17.5 Å². The first-order valence-corrected chi connectivity index (χ1v) is 12.7. The predicted molar refractivity (Wildman–Crippen MR) is 137 cm³/mol. The number of benzene rings is 3. The second kappa shape index (κ2) is 12.7. The highest BCUT2D eigenvalue weighted by Crippen LogP contribution is 2.46. The van der Waals surface area contributed by atoms with Crippen molar-refractivity contribution in [2.24, 2.45) is 0 Å². The second-order valence-electron chi connectivity index (χ2n) is 7.80. The number of aromatic hydroxyl groups is 2. The number of fused-ring (bicyclic) bond motifs is 2. The molecule has 8 heteroatoms. The highest BCUT2D eigenvalue weighted by Gasteiger charge is 2.32. The fourth-order valence-corrected chi connectivity index (χ4v) is 4.82. The maximum absolute atomic E-state index is 13.1. The molecule has 4 rings (SSSR count). The molecule has 0 bridgehead atoms. The van der Waals surface area contributed by atoms with Gasteiger partial charge in [0.15, 0.2) is 17.3 Å². The fraction of sp³-hybridized carbons (Fsp3) is 0.321. The number of ketones is 1. The van der Waals surface area contributed by atoms with Crippen LogP contribution in [-0.2, 0) is 0 Å². The number of halogens is 3. The highest BCUT2D eigenvalue weighted by molar-refractivity contribution is 7.99. The minimum absolute atomic E-state index is 0.138. The molecular weight excluding hydrogens is 489 g/mol. The van der Waals surface area contributed by atoms with Crippen molar-refractivity contribution < 1.29 is 32.9 Å². The number of phenolic OH excluding ortho intramolecular Hbond substituents is 2. The largest absolute Gasteiger partial charge is 0.573 e. The lowest BCUT2D eigenvalue weighted by Gasteiger charge is -2.16. The molecule has 3 aromatic rings. The summed E-state index contributed by atoms with van der Waals surface area (Å²) in [4.78, 5) is 14.4. The number of rotatable bonds is 3. The van der Waals surface area contributed by atoms with Gasteiger partial charge >= 0.3 is 6.36 Å². The average molecular weight is 521 g/mol. The summed E-state index contributed by atoms with van der Waals surface area (Å²) in [5.74, 6) is -1.52. The van der Waals surface area contributed by atoms with Crippen molar-refractivity contribution in [3.05, 3.63) is 65.7 Å². The Morgan fingerprint density at radius 1 is 0.861 bits per heavy atom. The third kappa shape index (κ3) is 6.97. The summed E-state index contributed by atoms with van der Waals surface area (Å²) < 4.78 is 41.1. The van der Waals surface area contributed by atoms with Crippen LogP contribution < -0.4 is 4.74 Å². The first-order valence-electron chi connectivity index (χ1n) is 11.9. The number of hydrogen-bond donors (Lipinski definition) is 2. The normalized spacial score (nSPS) is 14.2. The van der Waals surface area contributed by atoms with E-state index in [4.69, 9.17) is 0 Å². The molecule has 0 amide bonds. The number of phenols is 2. The lowest BCUT2D eigenvalue weighted by atomic mass is 9.87. The Labute approximate surface area is 214 Å². The summed E-state index contributed by atoms with van der Waals surface area (Å²) in [7, 11) is 0. The van der Waals surface area contributed by atoms with E-state index >= 15 is 0 Å². The molecule has 0 fully saturated rings. The Morgan fingerprint density at radius 2 is 1.42 bits per heavy atom. The summed E-state index contributed by atoms with van der Waals surface area (Å²) in [5, 5.41) is 19.8. The molecule has 1 heterocycles. The van der Waals surface area contributed by atoms with Crippen molar-refractivity contribution in [2.45, 2.75) is 69.5 Å². The van der Waals surface area contributed by atoms with Crippen molar-refractivity contribution in [3.63, 3.8) is 0 Å². The summed E-state index contributed by atoms with van der Waals surface area (Å²) >= 11 is 1.30. The van der Waals surface area contributed by atoms with Gasteiger partial charge in [-0.05, 0) is 53.4 Å². The SMILES string of the molecule is CC.CCC.CCC1C(=O)c2cc(O)c(O)cc2Sc2cc(-c3ccc(OC(F)(F)F)cc3)ccc21. The predicted octanol–water partition coefficient (Wildman–Crippen LogP) is 8.95. The van der Waals surface area contributed by atoms with Crippen LogP contribution >= 0.6 is 11.8 Å². The van der Waals surface area contributed by atoms with Crippen LogP contribution in [0.1, 0.15) is 69.3 Å². The van der Waals surface area contributed by atoms with Crippen molar-refractivity contribution in [1.29, 1.82) is 0 Å². The van der Waals surface area contributed by atoms with E-state index in [0.717, 1.165) is 16.0 Å². The zero-order chi connectivity index (χ0) is 27.0. The van der Waals surface area contributed by atoms with Gasteiger partial charge in [0.2, 0.25) is 0 Å². The molecule has 0 spiro atoms. The van der Waals surface area contributed by atoms with E-state index in [1.54, 1.807) is 0 Å². The molecule has 1 aliphatic rings. The molecule has 1 atom stereocenters. The Kier molecular flexibility index (Phi) is 10.3. The van der Waals surface area contributed by atoms with Crippen LogP contribution in [0.25, 0.3) is 11.1 Å². The standard InChI is InChI=1S/C23H17F3O4S.C3H8.C2H6/c1-2-15-16-8-5-13(12-3-6-14(7-4-12)30-23(24,25)26)9-20(16)31-21-11-19(28)18(27)10-17(21)22(15)29;1-3-2;1-2/h3-11,15,27-28H,2H2,1H3;3H2,1-2H3;1-2H3. The van der Waals surface area contributed by atoms with Crippen LogP contribution in [0.5, 0.6) is 17.2 Å². The summed E-state index contributed by atoms with van der Waals surface area (Å²) in [6.07, 6.45) is -2.95. The van der Waals surface area contributed by atoms with Gasteiger partial charge in [-0.3, -0.25) is 4.79 Å². The van der Waals surface area contributed by atoms with E-state index in [-0.39, 0.29) is 23.0 Å². The molecule has 0 saturated carbocycles. The Hall–Kier alpha value is -3.13. The summed E-state index contributed by atoms with van der Waals surface area (Å²) in [5.41, 5.74) is 2.63. The van der Waals surface area contributed by atoms with Crippen LogP contribution in [0, 0.1) is 0 Å². The monoisotopic (exact) mass is 520 g/mol. The Morgan fingerprint density at radius 3 is 1.97 bits per heavy atom. The van der Waals surface area contributed by atoms with Crippen LogP contribution in [0.15, 0.2) is 64.4 Å². The Bertz CT molecular complexity index is 1170. The maximum Gasteiger partial charge on any atom is 0.573 e. The molecule has 0 aliphatic carbocycles. The van der Waals surface area contributed by atoms with Gasteiger partial charge in [-0.25, -0.2) is 0 Å². The number of hydrogen-bond acceptors (Lipinski definition) is 5. The van der Waals surface area contributed by atoms with Crippen LogP contribution in [-0.4, -0.2) is 22.4 Å². The number of carbonyl (C=O) groups excluding carboxylic acids is 1. The molecule has 0 aromatic heterocycles. The molecule has 0 radical (unpaired) electrons. The first kappa shape index (κ1) is 29.1. The number of alkyl halides is 3. The van der Waals surface area contributed by atoms with Gasteiger partial charge in [0.1, 0.15) is 5.75 Å². The van der Waals surface area contributed by atoms with Crippen molar-refractivity contribution in [1.82, 2.24) is 0 Å². The van der Waals surface area contributed by atoms with Gasteiger partial charge in [-0.1, -0.05) is 77.1 Å². The molecule has 0 saturated heterocycles. The van der Waals surface area contributed by atoms with Crippen molar-refractivity contribution in [3.8, 4) is 28.4 Å². The van der Waals surface area contributed by atoms with E-state index in [9.17, 15) is 28.2 Å². The van der Waals surface area contributed by atoms with Gasteiger partial charge in [-0.2, -0.15) is 0 Å². The smallest absolute Gasteiger partial charge is 0.504 e. The number of Topliss-reactive ketones (excluding diaryl/α,β-unsaturated/α-hetero) is 1. The lowest BCUT2D eigenvalue weighted by molar-refractivity contribution is -0.274. The minimum Gasteiger partial charge on any atom is -0.504 e. The summed E-state index contributed by atoms with van der Waals surface area (Å²) in [6, 6.07) is 13.7. The van der Waals surface area contributed by atoms with Crippen molar-refractivity contribution in [2.75, 3.05) is 0 Å². The third-order valence-electron chi connectivity index (χ3n) is 5.10. The molecule has 194 valence electrons. The van der Waals surface area contributed by atoms with Crippen LogP contribution in [0.2, 0.25) is 0 Å². The quantitative estimate of drug-likeness (QED) is 0.338. The number of ether oxygens (including phenoxy) is 1. The van der Waals surface area contributed by atoms with Gasteiger partial charge in [0.25, 0.3) is 0 Å². The van der Waals surface area contributed by atoms with E-state index in [1.165, 1.54) is 54.6 Å². The molecule has 36 heavy (non-hydrogen) atoms. The summed E-state index contributed by atoms with van der Waals surface area (Å²) in [6.45, 7) is 10.1. The average Bonchev–Trinajstić information content (AvgIpc) is 2.94. The highest BCUT2D eigenvalue weighted by atomic mass is 32.2. The number of carbonyl (C=O) groups is 1. The second-order valence-corrected chi connectivity index (χ2v) is 8.88. The maximum atomic E-state index is 13.1. The van der Waals surface area contributed by atoms with E-state index in [2.05, 4.69) is 18.6 Å². The lowest BCUT2D eigenvalue weighted by Crippen LogP contribution is -2.16. The Balaban J connectivity index is 0.000000850. The van der Waals surface area contributed by atoms with Gasteiger partial charge in [0, 0.05) is 21.3 Å². The fourth-order valence-electron chi connectivity index (χ4n) is 3.63. The molecule has 1 aliphatic heterocycles. The molecule has 2 N–H and O–H groups in total. The van der Waals surface area contributed by atoms with Crippen LogP contribution in [0.3, 0.4) is 0 Å². The van der Waals surface area contributed by atoms with E-state index < -0.39 is 12.3 Å².